The molecule has 8 heteroatoms. The molecule has 4 aromatic rings. The normalized spacial score (nSPS) is 11.6. The number of aryl methyl sites for hydroxylation is 1. The molecule has 0 fully saturated rings. The van der Waals surface area contributed by atoms with Crippen LogP contribution in [0, 0.1) is 0 Å². The Hall–Kier alpha value is -3.95. The highest BCUT2D eigenvalue weighted by atomic mass is 16.5. The Morgan fingerprint density at radius 3 is 2.30 bits per heavy atom. The Balaban J connectivity index is 0.000000312. The number of phenols is 1. The van der Waals surface area contributed by atoms with E-state index >= 15 is 0 Å². The fourth-order valence-corrected chi connectivity index (χ4v) is 4.89. The lowest BCUT2D eigenvalue weighted by Crippen LogP contribution is -2.85. The van der Waals surface area contributed by atoms with Gasteiger partial charge in [-0.05, 0) is 78.6 Å². The molecule has 4 aromatic carbocycles. The van der Waals surface area contributed by atoms with Crippen molar-refractivity contribution < 1.29 is 40.4 Å². The zero-order chi connectivity index (χ0) is 31.6. The fraction of sp³-hybridized carbons (Fsp3) is 0.361. The summed E-state index contributed by atoms with van der Waals surface area (Å²) in [6.45, 7) is 3.05. The predicted molar refractivity (Wildman–Crippen MR) is 170 cm³/mol. The number of aliphatic hydroxyl groups is 2. The van der Waals surface area contributed by atoms with E-state index in [1.807, 2.05) is 6.07 Å². The van der Waals surface area contributed by atoms with Crippen LogP contribution in [0.25, 0.3) is 10.8 Å². The van der Waals surface area contributed by atoms with E-state index in [4.69, 9.17) is 9.84 Å². The van der Waals surface area contributed by atoms with Gasteiger partial charge in [0, 0.05) is 18.8 Å². The smallest absolute Gasteiger partial charge is 0.335 e. The summed E-state index contributed by atoms with van der Waals surface area (Å²) < 4.78 is 5.73. The van der Waals surface area contributed by atoms with Crippen LogP contribution in [0.4, 0.5) is 0 Å². The number of carboxylic acids is 1. The maximum atomic E-state index is 11.6. The van der Waals surface area contributed by atoms with Crippen LogP contribution in [0.15, 0.2) is 84.9 Å². The van der Waals surface area contributed by atoms with Crippen molar-refractivity contribution in [3.8, 4) is 11.5 Å². The number of aromatic carboxylic acids is 1. The van der Waals surface area contributed by atoms with Crippen LogP contribution >= 0.6 is 0 Å². The Kier molecular flexibility index (Phi) is 15.2. The van der Waals surface area contributed by atoms with Crippen molar-refractivity contribution >= 4 is 16.7 Å². The molecule has 0 aliphatic heterocycles. The van der Waals surface area contributed by atoms with Crippen molar-refractivity contribution in [3.05, 3.63) is 107 Å². The Bertz CT molecular complexity index is 1410. The molecule has 236 valence electrons. The number of carbonyl (C=O) groups is 1. The number of aromatic hydroxyl groups is 1. The highest BCUT2D eigenvalue weighted by Crippen LogP contribution is 2.26. The summed E-state index contributed by atoms with van der Waals surface area (Å²) in [5.41, 5.74) is 2.41. The second-order valence-electron chi connectivity index (χ2n) is 10.8. The van der Waals surface area contributed by atoms with Gasteiger partial charge >= 0.3 is 5.97 Å². The van der Waals surface area contributed by atoms with E-state index in [0.29, 0.717) is 17.5 Å². The highest BCUT2D eigenvalue weighted by Gasteiger charge is 2.12. The molecule has 44 heavy (non-hydrogen) atoms. The third kappa shape index (κ3) is 11.6. The zero-order valence-electron chi connectivity index (χ0n) is 25.2. The number of benzene rings is 4. The Labute approximate surface area is 259 Å². The molecule has 1 atom stereocenters. The maximum Gasteiger partial charge on any atom is 0.335 e. The van der Waals surface area contributed by atoms with E-state index in [1.165, 1.54) is 37.0 Å². The van der Waals surface area contributed by atoms with Gasteiger partial charge in [0.25, 0.3) is 0 Å². The Morgan fingerprint density at radius 2 is 1.55 bits per heavy atom. The summed E-state index contributed by atoms with van der Waals surface area (Å²) in [5.74, 6) is -1.54. The molecule has 0 aliphatic carbocycles. The fourth-order valence-electron chi connectivity index (χ4n) is 4.89. The molecular weight excluding hydrogens is 558 g/mol. The molecule has 0 radical (unpaired) electrons. The van der Waals surface area contributed by atoms with Gasteiger partial charge in [-0.1, -0.05) is 78.9 Å². The summed E-state index contributed by atoms with van der Waals surface area (Å²) >= 11 is 0. The number of fused-ring (bicyclic) bond motifs is 1. The van der Waals surface area contributed by atoms with Crippen molar-refractivity contribution in [2.24, 2.45) is 0 Å². The lowest BCUT2D eigenvalue weighted by Gasteiger charge is -2.13. The minimum Gasteiger partial charge on any atom is -0.871 e. The molecular formula is C36H45NO7. The molecule has 0 saturated heterocycles. The van der Waals surface area contributed by atoms with E-state index in [2.05, 4.69) is 35.6 Å². The molecule has 0 spiro atoms. The van der Waals surface area contributed by atoms with Crippen LogP contribution in [0.3, 0.4) is 0 Å². The van der Waals surface area contributed by atoms with Gasteiger partial charge in [-0.25, -0.2) is 4.79 Å². The zero-order valence-corrected chi connectivity index (χ0v) is 25.2. The largest absolute Gasteiger partial charge is 0.871 e. The van der Waals surface area contributed by atoms with Crippen molar-refractivity contribution in [3.63, 3.8) is 0 Å². The molecule has 0 bridgehead atoms. The molecule has 0 unspecified atom stereocenters. The summed E-state index contributed by atoms with van der Waals surface area (Å²) in [5, 5.41) is 52.7. The first-order chi connectivity index (χ1) is 21.4. The van der Waals surface area contributed by atoms with Gasteiger partial charge in [-0.3, -0.25) is 0 Å². The summed E-state index contributed by atoms with van der Waals surface area (Å²) in [7, 11) is 0. The van der Waals surface area contributed by atoms with Crippen molar-refractivity contribution in [1.29, 1.82) is 0 Å². The number of rotatable bonds is 17. The minimum absolute atomic E-state index is 0.0635. The third-order valence-corrected chi connectivity index (χ3v) is 7.45. The molecule has 0 saturated carbocycles. The van der Waals surface area contributed by atoms with E-state index in [1.54, 1.807) is 36.4 Å². The number of hydrogen-bond donors (Lipinski definition) is 5. The summed E-state index contributed by atoms with van der Waals surface area (Å²) in [6.07, 6.45) is 7.43. The number of nitrogens with two attached hydrogens (primary N) is 1. The van der Waals surface area contributed by atoms with Crippen molar-refractivity contribution in [2.45, 2.75) is 57.7 Å². The van der Waals surface area contributed by atoms with Gasteiger partial charge in [-0.2, -0.15) is 0 Å². The molecule has 0 heterocycles. The second-order valence-corrected chi connectivity index (χ2v) is 10.8. The van der Waals surface area contributed by atoms with E-state index in [9.17, 15) is 25.2 Å². The minimum atomic E-state index is -1.18. The van der Waals surface area contributed by atoms with Crippen LogP contribution in [-0.2, 0) is 17.8 Å². The molecule has 4 rings (SSSR count). The highest BCUT2D eigenvalue weighted by molar-refractivity contribution is 5.99. The van der Waals surface area contributed by atoms with E-state index in [0.717, 1.165) is 56.4 Å². The van der Waals surface area contributed by atoms with Crippen LogP contribution in [0.1, 0.15) is 71.7 Å². The number of hydrogen-bond acceptors (Lipinski definition) is 6. The Morgan fingerprint density at radius 1 is 0.841 bits per heavy atom. The lowest BCUT2D eigenvalue weighted by atomic mass is 10.1. The standard InChI is InChI=1S/C25H37NO4.C11H8O3/c27-20-23-18-22(13-14-24(23)28)25(29)19-26-15-7-1-2-8-16-30-17-9-6-12-21-10-4-3-5-11-21;12-10-8-4-2-1-3-7(8)5-6-9(10)11(13)14/h3-5,10-11,13-14,18,25-29H,1-2,6-9,12,15-17,19-20H2;1-6,12H,(H,13,14)/t25-;/m0./s1. The second kappa shape index (κ2) is 19.4. The first kappa shape index (κ1) is 34.5. The van der Waals surface area contributed by atoms with Gasteiger partial charge in [-0.15, -0.1) is 0 Å². The monoisotopic (exact) mass is 603 g/mol. The first-order valence-corrected chi connectivity index (χ1v) is 15.4. The van der Waals surface area contributed by atoms with Gasteiger partial charge < -0.3 is 35.6 Å². The third-order valence-electron chi connectivity index (χ3n) is 7.45. The van der Waals surface area contributed by atoms with Gasteiger partial charge in [0.1, 0.15) is 18.4 Å². The van der Waals surface area contributed by atoms with Crippen LogP contribution in [0.2, 0.25) is 0 Å². The van der Waals surface area contributed by atoms with Crippen LogP contribution in [-0.4, -0.2) is 52.7 Å². The molecule has 8 nitrogen and oxygen atoms in total. The quantitative estimate of drug-likeness (QED) is 0.110. The summed E-state index contributed by atoms with van der Waals surface area (Å²) in [4.78, 5) is 10.7. The molecule has 0 aromatic heterocycles. The van der Waals surface area contributed by atoms with Gasteiger partial charge in [0.05, 0.1) is 18.7 Å². The maximum absolute atomic E-state index is 11.6. The van der Waals surface area contributed by atoms with E-state index < -0.39 is 17.8 Å². The van der Waals surface area contributed by atoms with Crippen LogP contribution in [0.5, 0.6) is 11.5 Å². The molecule has 0 aliphatic rings. The van der Waals surface area contributed by atoms with Crippen molar-refractivity contribution in [2.75, 3.05) is 26.3 Å². The van der Waals surface area contributed by atoms with Crippen LogP contribution < -0.4 is 10.4 Å². The first-order valence-electron chi connectivity index (χ1n) is 15.4. The van der Waals surface area contributed by atoms with E-state index in [-0.39, 0.29) is 17.9 Å². The number of quaternary nitrogens is 1. The predicted octanol–water partition coefficient (Wildman–Crippen LogP) is 4.69. The van der Waals surface area contributed by atoms with Crippen molar-refractivity contribution in [1.82, 2.24) is 0 Å². The molecule has 6 N–H and O–H groups in total. The molecule has 0 amide bonds. The number of aliphatic hydroxyl groups excluding tert-OH is 2. The average molecular weight is 604 g/mol. The number of ether oxygens (including phenoxy) is 1. The van der Waals surface area contributed by atoms with Gasteiger partial charge in [0.15, 0.2) is 0 Å². The lowest BCUT2D eigenvalue weighted by molar-refractivity contribution is -0.662. The number of carboxylic acid groups (broad SMARTS) is 1. The average Bonchev–Trinajstić information content (AvgIpc) is 3.04. The summed E-state index contributed by atoms with van der Waals surface area (Å²) in [6, 6.07) is 25.4. The topological polar surface area (TPSA) is 147 Å². The number of unbranched alkanes of at least 4 members (excludes halogenated alkanes) is 4. The SMILES string of the molecule is O=C(O)c1ccc2ccccc2c1[O-].OCc1cc([C@@H](O)C[NH2+]CCCCCCOCCCCc2ccccc2)ccc1O. The van der Waals surface area contributed by atoms with Gasteiger partial charge in [0.2, 0.25) is 0 Å².